The minimum absolute atomic E-state index is 0.0331. The summed E-state index contributed by atoms with van der Waals surface area (Å²) in [6, 6.07) is 7.21. The van der Waals surface area contributed by atoms with E-state index in [0.717, 1.165) is 11.9 Å². The Kier molecular flexibility index (Phi) is 6.70. The van der Waals surface area contributed by atoms with Crippen LogP contribution < -0.4 is 10.2 Å². The number of nitrogens with zero attached hydrogens (tertiary/aromatic N) is 3. The molecule has 1 aromatic carbocycles. The normalized spacial score (nSPS) is 14.1. The van der Waals surface area contributed by atoms with Gasteiger partial charge in [0.15, 0.2) is 0 Å². The Morgan fingerprint density at radius 2 is 1.86 bits per heavy atom. The second kappa shape index (κ2) is 9.21. The van der Waals surface area contributed by atoms with Crippen molar-refractivity contribution in [1.82, 2.24) is 15.2 Å². The number of benzene rings is 1. The van der Waals surface area contributed by atoms with Crippen molar-refractivity contribution in [2.75, 3.05) is 37.6 Å². The van der Waals surface area contributed by atoms with Crippen molar-refractivity contribution in [3.05, 3.63) is 58.0 Å². The van der Waals surface area contributed by atoms with Crippen LogP contribution in [0, 0.1) is 5.82 Å². The Morgan fingerprint density at radius 3 is 2.50 bits per heavy atom. The minimum atomic E-state index is -0.510. The smallest absolute Gasteiger partial charge is 0.252 e. The number of hydrogen-bond acceptors (Lipinski definition) is 4. The van der Waals surface area contributed by atoms with Crippen molar-refractivity contribution < 1.29 is 14.0 Å². The van der Waals surface area contributed by atoms with E-state index in [0.29, 0.717) is 31.2 Å². The molecule has 9 heteroatoms. The molecule has 1 fully saturated rings. The summed E-state index contributed by atoms with van der Waals surface area (Å²) in [7, 11) is 0. The molecule has 148 valence electrons. The summed E-state index contributed by atoms with van der Waals surface area (Å²) >= 11 is 11.7. The molecule has 0 atom stereocenters. The van der Waals surface area contributed by atoms with Crippen LogP contribution >= 0.6 is 23.2 Å². The lowest BCUT2D eigenvalue weighted by atomic mass is 10.2. The Labute approximate surface area is 172 Å². The maximum absolute atomic E-state index is 13.0. The van der Waals surface area contributed by atoms with E-state index in [2.05, 4.69) is 15.2 Å². The van der Waals surface area contributed by atoms with Crippen molar-refractivity contribution in [3.8, 4) is 0 Å². The number of carbonyl (C=O) groups excluding carboxylic acids is 2. The van der Waals surface area contributed by atoms with E-state index in [1.54, 1.807) is 17.2 Å². The highest BCUT2D eigenvalue weighted by Crippen LogP contribution is 2.18. The van der Waals surface area contributed by atoms with E-state index in [9.17, 15) is 14.0 Å². The van der Waals surface area contributed by atoms with Gasteiger partial charge in [0, 0.05) is 45.3 Å². The predicted octanol–water partition coefficient (Wildman–Crippen LogP) is 3.00. The fourth-order valence-electron chi connectivity index (χ4n) is 2.95. The SMILES string of the molecule is O=C(NCCC(=O)N1CCN(c2ccc(Cl)cn2)CC1)c1ccc(F)cc1Cl. The van der Waals surface area contributed by atoms with Crippen molar-refractivity contribution in [3.63, 3.8) is 0 Å². The lowest BCUT2D eigenvalue weighted by Crippen LogP contribution is -2.49. The summed E-state index contributed by atoms with van der Waals surface area (Å²) < 4.78 is 13.0. The first-order valence-corrected chi connectivity index (χ1v) is 9.57. The summed E-state index contributed by atoms with van der Waals surface area (Å²) in [5, 5.41) is 3.27. The predicted molar refractivity (Wildman–Crippen MR) is 106 cm³/mol. The minimum Gasteiger partial charge on any atom is -0.353 e. The molecular formula is C19H19Cl2FN4O2. The van der Waals surface area contributed by atoms with E-state index >= 15 is 0 Å². The number of carbonyl (C=O) groups is 2. The van der Waals surface area contributed by atoms with Gasteiger partial charge in [-0.05, 0) is 30.3 Å². The lowest BCUT2D eigenvalue weighted by molar-refractivity contribution is -0.131. The van der Waals surface area contributed by atoms with Gasteiger partial charge in [-0.2, -0.15) is 0 Å². The topological polar surface area (TPSA) is 65.5 Å². The number of halogens is 3. The number of pyridine rings is 1. The van der Waals surface area contributed by atoms with Gasteiger partial charge in [0.2, 0.25) is 5.91 Å². The summed E-state index contributed by atoms with van der Waals surface area (Å²) in [4.78, 5) is 32.6. The van der Waals surface area contributed by atoms with E-state index in [4.69, 9.17) is 23.2 Å². The molecule has 0 radical (unpaired) electrons. The van der Waals surface area contributed by atoms with Crippen molar-refractivity contribution in [2.45, 2.75) is 6.42 Å². The Bertz CT molecular complexity index is 856. The van der Waals surface area contributed by atoms with Gasteiger partial charge in [-0.15, -0.1) is 0 Å². The summed E-state index contributed by atoms with van der Waals surface area (Å²) in [5.74, 6) is -0.143. The molecular weight excluding hydrogens is 406 g/mol. The quantitative estimate of drug-likeness (QED) is 0.800. The average molecular weight is 425 g/mol. The molecule has 3 rings (SSSR count). The Balaban J connectivity index is 1.43. The average Bonchev–Trinajstić information content (AvgIpc) is 2.68. The number of anilines is 1. The van der Waals surface area contributed by atoms with Crippen molar-refractivity contribution in [1.29, 1.82) is 0 Å². The number of piperazine rings is 1. The van der Waals surface area contributed by atoms with Crippen LogP contribution in [-0.2, 0) is 4.79 Å². The standard InChI is InChI=1S/C19H19Cl2FN4O2/c20-13-1-4-17(24-12-13)25-7-9-26(10-8-25)18(27)5-6-23-19(28)15-3-2-14(22)11-16(15)21/h1-4,11-12H,5-10H2,(H,23,28). The van der Waals surface area contributed by atoms with E-state index in [1.807, 2.05) is 6.07 Å². The number of aromatic nitrogens is 1. The number of amides is 2. The molecule has 28 heavy (non-hydrogen) atoms. The van der Waals surface area contributed by atoms with E-state index in [1.165, 1.54) is 12.1 Å². The molecule has 2 amide bonds. The van der Waals surface area contributed by atoms with Gasteiger partial charge in [0.1, 0.15) is 11.6 Å². The molecule has 1 aromatic heterocycles. The van der Waals surface area contributed by atoms with Crippen molar-refractivity contribution >= 4 is 40.8 Å². The van der Waals surface area contributed by atoms with E-state index in [-0.39, 0.29) is 29.5 Å². The van der Waals surface area contributed by atoms with Crippen LogP contribution in [0.1, 0.15) is 16.8 Å². The maximum Gasteiger partial charge on any atom is 0.252 e. The molecule has 2 aromatic rings. The van der Waals surface area contributed by atoms with Crippen LogP contribution in [0.2, 0.25) is 10.0 Å². The molecule has 1 N–H and O–H groups in total. The van der Waals surface area contributed by atoms with E-state index < -0.39 is 11.7 Å². The fraction of sp³-hybridized carbons (Fsp3) is 0.316. The highest BCUT2D eigenvalue weighted by atomic mass is 35.5. The van der Waals surface area contributed by atoms with Gasteiger partial charge >= 0.3 is 0 Å². The highest BCUT2D eigenvalue weighted by Gasteiger charge is 2.22. The van der Waals surface area contributed by atoms with Gasteiger partial charge in [-0.1, -0.05) is 23.2 Å². The van der Waals surface area contributed by atoms with Gasteiger partial charge in [0.25, 0.3) is 5.91 Å². The third-order valence-electron chi connectivity index (χ3n) is 4.47. The molecule has 0 saturated carbocycles. The van der Waals surface area contributed by atoms with Crippen LogP contribution in [0.3, 0.4) is 0 Å². The highest BCUT2D eigenvalue weighted by molar-refractivity contribution is 6.33. The lowest BCUT2D eigenvalue weighted by Gasteiger charge is -2.35. The summed E-state index contributed by atoms with van der Waals surface area (Å²) in [6.45, 7) is 2.71. The second-order valence-electron chi connectivity index (χ2n) is 6.33. The zero-order chi connectivity index (χ0) is 20.1. The summed E-state index contributed by atoms with van der Waals surface area (Å²) in [5.41, 5.74) is 0.180. The third-order valence-corrected chi connectivity index (χ3v) is 5.00. The van der Waals surface area contributed by atoms with Crippen LogP contribution in [0.4, 0.5) is 10.2 Å². The first-order chi connectivity index (χ1) is 13.4. The number of hydrogen-bond donors (Lipinski definition) is 1. The molecule has 1 aliphatic rings. The van der Waals surface area contributed by atoms with Gasteiger partial charge in [0.05, 0.1) is 15.6 Å². The van der Waals surface area contributed by atoms with Crippen LogP contribution in [0.5, 0.6) is 0 Å². The molecule has 0 aliphatic carbocycles. The monoisotopic (exact) mass is 424 g/mol. The molecule has 0 unspecified atom stereocenters. The van der Waals surface area contributed by atoms with Crippen LogP contribution in [0.25, 0.3) is 0 Å². The molecule has 1 saturated heterocycles. The Hall–Kier alpha value is -2.38. The molecule has 0 bridgehead atoms. The van der Waals surface area contributed by atoms with Crippen LogP contribution in [-0.4, -0.2) is 54.4 Å². The van der Waals surface area contributed by atoms with Gasteiger partial charge in [-0.3, -0.25) is 9.59 Å². The van der Waals surface area contributed by atoms with Crippen molar-refractivity contribution in [2.24, 2.45) is 0 Å². The first-order valence-electron chi connectivity index (χ1n) is 8.81. The maximum atomic E-state index is 13.0. The largest absolute Gasteiger partial charge is 0.353 e. The molecule has 0 spiro atoms. The van der Waals surface area contributed by atoms with Crippen LogP contribution in [0.15, 0.2) is 36.5 Å². The summed E-state index contributed by atoms with van der Waals surface area (Å²) in [6.07, 6.45) is 1.79. The molecule has 2 heterocycles. The Morgan fingerprint density at radius 1 is 1.11 bits per heavy atom. The molecule has 1 aliphatic heterocycles. The zero-order valence-corrected chi connectivity index (χ0v) is 16.5. The third kappa shape index (κ3) is 5.11. The zero-order valence-electron chi connectivity index (χ0n) is 15.0. The first kappa shape index (κ1) is 20.4. The van der Waals surface area contributed by atoms with Gasteiger partial charge < -0.3 is 15.1 Å². The fourth-order valence-corrected chi connectivity index (χ4v) is 3.31. The number of rotatable bonds is 5. The second-order valence-corrected chi connectivity index (χ2v) is 7.18. The number of nitrogens with one attached hydrogen (secondary N) is 1. The van der Waals surface area contributed by atoms with Gasteiger partial charge in [-0.25, -0.2) is 9.37 Å². The molecule has 6 nitrogen and oxygen atoms in total.